The van der Waals surface area contributed by atoms with Crippen molar-refractivity contribution in [3.63, 3.8) is 0 Å². The van der Waals surface area contributed by atoms with E-state index in [1.165, 1.54) is 0 Å². The number of alkyl halides is 2. The summed E-state index contributed by atoms with van der Waals surface area (Å²) < 4.78 is 24.8. The normalized spacial score (nSPS) is 11.1. The van der Waals surface area contributed by atoms with E-state index in [9.17, 15) is 8.78 Å². The molecule has 0 saturated carbocycles. The zero-order chi connectivity index (χ0) is 16.4. The van der Waals surface area contributed by atoms with Crippen LogP contribution in [0.15, 0.2) is 35.7 Å². The van der Waals surface area contributed by atoms with E-state index in [1.807, 2.05) is 0 Å². The second-order valence-corrected chi connectivity index (χ2v) is 4.81. The molecular weight excluding hydrogens is 304 g/mol. The third-order valence-electron chi connectivity index (χ3n) is 3.33. The molecule has 2 aromatic heterocycles. The summed E-state index contributed by atoms with van der Waals surface area (Å²) in [6, 6.07) is 5.00. The molecule has 0 atom stereocenters. The van der Waals surface area contributed by atoms with Crippen LogP contribution in [-0.2, 0) is 0 Å². The van der Waals surface area contributed by atoms with Crippen LogP contribution in [0.2, 0.25) is 0 Å². The van der Waals surface area contributed by atoms with Gasteiger partial charge in [0.15, 0.2) is 0 Å². The monoisotopic (exact) mass is 317 g/mol. The quantitative estimate of drug-likeness (QED) is 0.538. The summed E-state index contributed by atoms with van der Waals surface area (Å²) in [4.78, 5) is 11.0. The summed E-state index contributed by atoms with van der Waals surface area (Å²) in [5.41, 5.74) is 15.5. The van der Waals surface area contributed by atoms with E-state index < -0.39 is 13.0 Å². The molecule has 0 aliphatic rings. The molecule has 9 heteroatoms. The van der Waals surface area contributed by atoms with Crippen LogP contribution >= 0.6 is 0 Å². The van der Waals surface area contributed by atoms with Gasteiger partial charge in [0.05, 0.1) is 12.2 Å². The average molecular weight is 317 g/mol. The number of nitrogens with one attached hydrogen (secondary N) is 3. The Labute approximate surface area is 129 Å². The molecule has 1 aromatic carbocycles. The number of hydrogen-bond acceptors (Lipinski definition) is 6. The number of nitrogens with two attached hydrogens (primary N) is 1. The van der Waals surface area contributed by atoms with Gasteiger partial charge in [-0.3, -0.25) is 0 Å². The molecule has 0 radical (unpaired) electrons. The van der Waals surface area contributed by atoms with E-state index in [4.69, 9.17) is 11.3 Å². The Hall–Kier alpha value is -3.10. The van der Waals surface area contributed by atoms with E-state index in [1.54, 1.807) is 30.6 Å². The first kappa shape index (κ1) is 14.8. The van der Waals surface area contributed by atoms with Crippen LogP contribution in [0.3, 0.4) is 0 Å². The lowest BCUT2D eigenvalue weighted by molar-refractivity contribution is 0.163. The first-order valence-corrected chi connectivity index (χ1v) is 6.72. The molecule has 2 heterocycles. The summed E-state index contributed by atoms with van der Waals surface area (Å²) >= 11 is 0. The number of rotatable bonds is 5. The van der Waals surface area contributed by atoms with Crippen LogP contribution < -0.4 is 11.1 Å². The predicted octanol–water partition coefficient (Wildman–Crippen LogP) is 3.55. The predicted molar refractivity (Wildman–Crippen MR) is 83.0 cm³/mol. The third kappa shape index (κ3) is 2.93. The van der Waals surface area contributed by atoms with Crippen LogP contribution in [0.4, 0.5) is 26.1 Å². The summed E-state index contributed by atoms with van der Waals surface area (Å²) in [7, 11) is 0. The molecule has 0 unspecified atom stereocenters. The number of benzene rings is 1. The SMILES string of the molecule is N=Nc1ccc(-c2c[nH]c3nc(N)ncc23)cc1NCC(F)F. The van der Waals surface area contributed by atoms with Crippen molar-refractivity contribution in [2.24, 2.45) is 5.11 Å². The average Bonchev–Trinajstić information content (AvgIpc) is 2.95. The number of nitrogens with zero attached hydrogens (tertiary/aromatic N) is 3. The summed E-state index contributed by atoms with van der Waals surface area (Å²) in [6.45, 7) is -0.514. The molecule has 0 bridgehead atoms. The van der Waals surface area contributed by atoms with Gasteiger partial charge in [-0.25, -0.2) is 19.3 Å². The van der Waals surface area contributed by atoms with Crippen molar-refractivity contribution >= 4 is 28.4 Å². The molecule has 0 aliphatic heterocycles. The maximum absolute atomic E-state index is 12.4. The van der Waals surface area contributed by atoms with E-state index >= 15 is 0 Å². The second kappa shape index (κ2) is 5.95. The fourth-order valence-electron chi connectivity index (χ4n) is 2.29. The van der Waals surface area contributed by atoms with Crippen molar-refractivity contribution in [1.82, 2.24) is 15.0 Å². The summed E-state index contributed by atoms with van der Waals surface area (Å²) in [6.07, 6.45) is 0.836. The minimum Gasteiger partial charge on any atom is -0.377 e. The van der Waals surface area contributed by atoms with Crippen molar-refractivity contribution < 1.29 is 8.78 Å². The molecule has 0 aliphatic carbocycles. The highest BCUT2D eigenvalue weighted by atomic mass is 19.3. The lowest BCUT2D eigenvalue weighted by Gasteiger charge is -2.10. The van der Waals surface area contributed by atoms with E-state index in [0.29, 0.717) is 11.3 Å². The number of fused-ring (bicyclic) bond motifs is 1. The van der Waals surface area contributed by atoms with Gasteiger partial charge < -0.3 is 16.0 Å². The van der Waals surface area contributed by atoms with Gasteiger partial charge in [0.2, 0.25) is 5.95 Å². The Morgan fingerprint density at radius 2 is 2.22 bits per heavy atom. The van der Waals surface area contributed by atoms with E-state index in [0.717, 1.165) is 16.5 Å². The van der Waals surface area contributed by atoms with Crippen molar-refractivity contribution in [2.75, 3.05) is 17.6 Å². The zero-order valence-electron chi connectivity index (χ0n) is 11.8. The first-order valence-electron chi connectivity index (χ1n) is 6.72. The van der Waals surface area contributed by atoms with Crippen molar-refractivity contribution in [3.8, 4) is 11.1 Å². The fourth-order valence-corrected chi connectivity index (χ4v) is 2.29. The number of nitrogen functional groups attached to an aromatic ring is 1. The summed E-state index contributed by atoms with van der Waals surface area (Å²) in [5, 5.41) is 6.70. The van der Waals surface area contributed by atoms with Gasteiger partial charge >= 0.3 is 0 Å². The van der Waals surface area contributed by atoms with Crippen molar-refractivity contribution in [1.29, 1.82) is 5.53 Å². The van der Waals surface area contributed by atoms with Crippen LogP contribution in [0, 0.1) is 5.53 Å². The molecule has 0 fully saturated rings. The highest BCUT2D eigenvalue weighted by Gasteiger charge is 2.12. The lowest BCUT2D eigenvalue weighted by Crippen LogP contribution is -2.10. The number of hydrogen-bond donors (Lipinski definition) is 4. The summed E-state index contributed by atoms with van der Waals surface area (Å²) in [5.74, 6) is 0.161. The van der Waals surface area contributed by atoms with Gasteiger partial charge in [0, 0.05) is 23.3 Å². The minimum absolute atomic E-state index is 0.161. The maximum Gasteiger partial charge on any atom is 0.255 e. The highest BCUT2D eigenvalue weighted by molar-refractivity contribution is 5.94. The number of aromatic amines is 1. The van der Waals surface area contributed by atoms with E-state index in [2.05, 4.69) is 25.4 Å². The van der Waals surface area contributed by atoms with Gasteiger partial charge in [-0.05, 0) is 17.7 Å². The van der Waals surface area contributed by atoms with Crippen LogP contribution in [-0.4, -0.2) is 27.9 Å². The third-order valence-corrected chi connectivity index (χ3v) is 3.33. The number of aromatic nitrogens is 3. The Kier molecular flexibility index (Phi) is 3.83. The molecular formula is C14H13F2N7. The molecule has 118 valence electrons. The van der Waals surface area contributed by atoms with Gasteiger partial charge in [-0.15, -0.1) is 0 Å². The lowest BCUT2D eigenvalue weighted by atomic mass is 10.0. The molecule has 0 saturated heterocycles. The highest BCUT2D eigenvalue weighted by Crippen LogP contribution is 2.34. The second-order valence-electron chi connectivity index (χ2n) is 4.81. The smallest absolute Gasteiger partial charge is 0.255 e. The Morgan fingerprint density at radius 1 is 1.39 bits per heavy atom. The van der Waals surface area contributed by atoms with Crippen molar-refractivity contribution in [2.45, 2.75) is 6.43 Å². The van der Waals surface area contributed by atoms with Crippen LogP contribution in [0.1, 0.15) is 0 Å². The van der Waals surface area contributed by atoms with Gasteiger partial charge in [0.25, 0.3) is 6.43 Å². The standard InChI is InChI=1S/C14H13F2N7/c15-12(16)6-19-11-3-7(1-2-10(11)23-18)8-4-20-13-9(8)5-21-14(17)22-13/h1-5,12,18-19H,6H2,(H3,17,20,21,22). The molecule has 5 N–H and O–H groups in total. The molecule has 7 nitrogen and oxygen atoms in total. The maximum atomic E-state index is 12.4. The van der Waals surface area contributed by atoms with Gasteiger partial charge in [-0.2, -0.15) is 10.1 Å². The first-order chi connectivity index (χ1) is 11.1. The largest absolute Gasteiger partial charge is 0.377 e. The Morgan fingerprint density at radius 3 is 2.96 bits per heavy atom. The van der Waals surface area contributed by atoms with Crippen molar-refractivity contribution in [3.05, 3.63) is 30.6 Å². The van der Waals surface area contributed by atoms with Crippen LogP contribution in [0.5, 0.6) is 0 Å². The molecule has 0 spiro atoms. The molecule has 3 aromatic rings. The molecule has 3 rings (SSSR count). The Bertz CT molecular complexity index is 859. The number of halogens is 2. The van der Waals surface area contributed by atoms with Crippen LogP contribution in [0.25, 0.3) is 22.2 Å². The minimum atomic E-state index is -2.50. The molecule has 0 amide bonds. The number of anilines is 2. The molecule has 23 heavy (non-hydrogen) atoms. The zero-order valence-corrected chi connectivity index (χ0v) is 11.8. The topological polar surface area (TPSA) is 116 Å². The van der Waals surface area contributed by atoms with E-state index in [-0.39, 0.29) is 11.6 Å². The fraction of sp³-hybridized carbons (Fsp3) is 0.143. The Balaban J connectivity index is 2.04. The van der Waals surface area contributed by atoms with Gasteiger partial charge in [-0.1, -0.05) is 6.07 Å². The van der Waals surface area contributed by atoms with Gasteiger partial charge in [0.1, 0.15) is 11.3 Å². The number of H-pyrrole nitrogens is 1.